The molecule has 2 aliphatic heterocycles. The van der Waals surface area contributed by atoms with Crippen LogP contribution >= 0.6 is 11.3 Å². The maximum atomic E-state index is 13.8. The van der Waals surface area contributed by atoms with Gasteiger partial charge in [-0.25, -0.2) is 9.98 Å². The smallest absolute Gasteiger partial charge is 0.256 e. The Morgan fingerprint density at radius 3 is 2.63 bits per heavy atom. The number of likely N-dealkylation sites (tertiary alicyclic amines) is 1. The average molecular weight is 537 g/mol. The first-order valence-corrected chi connectivity index (χ1v) is 13.6. The molecule has 4 atom stereocenters. The van der Waals surface area contributed by atoms with E-state index in [1.54, 1.807) is 22.3 Å². The molecule has 0 saturated carbocycles. The molecule has 38 heavy (non-hydrogen) atoms. The zero-order chi connectivity index (χ0) is 27.2. The highest BCUT2D eigenvalue weighted by Gasteiger charge is 2.48. The third kappa shape index (κ3) is 4.56. The second-order valence-corrected chi connectivity index (χ2v) is 11.5. The summed E-state index contributed by atoms with van der Waals surface area (Å²) in [4.78, 5) is 38.7. The van der Waals surface area contributed by atoms with Crippen molar-refractivity contribution in [3.05, 3.63) is 52.9 Å². The Labute approximate surface area is 225 Å². The van der Waals surface area contributed by atoms with E-state index in [9.17, 15) is 14.7 Å². The van der Waals surface area contributed by atoms with Crippen molar-refractivity contribution in [2.45, 2.75) is 64.0 Å². The molecule has 1 aromatic carbocycles. The number of ether oxygens (including phenoxy) is 1. The van der Waals surface area contributed by atoms with Gasteiger partial charge in [0.2, 0.25) is 5.91 Å². The van der Waals surface area contributed by atoms with Crippen molar-refractivity contribution in [2.75, 3.05) is 13.7 Å². The number of amides is 2. The first kappa shape index (κ1) is 26.2. The summed E-state index contributed by atoms with van der Waals surface area (Å²) in [6.45, 7) is 7.92. The van der Waals surface area contributed by atoms with Gasteiger partial charge in [0.15, 0.2) is 5.76 Å². The summed E-state index contributed by atoms with van der Waals surface area (Å²) in [5.41, 5.74) is 4.52. The fourth-order valence-electron chi connectivity index (χ4n) is 5.52. The summed E-state index contributed by atoms with van der Waals surface area (Å²) in [6.07, 6.45) is 0.0174. The Balaban J connectivity index is 1.39. The third-order valence-electron chi connectivity index (χ3n) is 7.68. The number of aryl methyl sites for hydroxylation is 1. The predicted molar refractivity (Wildman–Crippen MR) is 143 cm³/mol. The largest absolute Gasteiger partial charge is 0.479 e. The standard InChI is InChI=1S/C28H32N4O5S/c1-15(2)24(22-11-23(36-5)31-37-22)26(34)32-13-19(33)10-21(32)20-12-28(4,27(35)30-20)18-8-6-17(7-9-18)25-16(3)29-14-38-25/h6-9,11,14-15,19,21,24,33H,10,12-13H2,1-5H3/t19-,21-,24+,28+/m1/s1. The van der Waals surface area contributed by atoms with Crippen molar-refractivity contribution in [3.63, 3.8) is 0 Å². The van der Waals surface area contributed by atoms with Crippen molar-refractivity contribution < 1.29 is 24.0 Å². The molecule has 4 heterocycles. The highest BCUT2D eigenvalue weighted by molar-refractivity contribution is 7.13. The monoisotopic (exact) mass is 536 g/mol. The number of thiazole rings is 1. The van der Waals surface area contributed by atoms with E-state index in [4.69, 9.17) is 9.26 Å². The van der Waals surface area contributed by atoms with Crippen molar-refractivity contribution in [2.24, 2.45) is 10.9 Å². The zero-order valence-corrected chi connectivity index (χ0v) is 23.0. The minimum Gasteiger partial charge on any atom is -0.479 e. The first-order valence-electron chi connectivity index (χ1n) is 12.7. The number of nitrogens with zero attached hydrogens (tertiary/aromatic N) is 4. The van der Waals surface area contributed by atoms with Crippen molar-refractivity contribution >= 4 is 28.9 Å². The lowest BCUT2D eigenvalue weighted by Gasteiger charge is -2.30. The lowest BCUT2D eigenvalue weighted by molar-refractivity contribution is -0.134. The molecule has 0 unspecified atom stereocenters. The van der Waals surface area contributed by atoms with Gasteiger partial charge in [0.1, 0.15) is 5.92 Å². The molecule has 5 rings (SSSR count). The lowest BCUT2D eigenvalue weighted by Crippen LogP contribution is -2.44. The lowest BCUT2D eigenvalue weighted by atomic mass is 9.78. The minimum absolute atomic E-state index is 0.0864. The van der Waals surface area contributed by atoms with E-state index in [1.807, 2.05) is 57.5 Å². The third-order valence-corrected chi connectivity index (χ3v) is 8.66. The van der Waals surface area contributed by atoms with Crippen LogP contribution in [0.25, 0.3) is 10.4 Å². The maximum Gasteiger partial charge on any atom is 0.256 e. The summed E-state index contributed by atoms with van der Waals surface area (Å²) in [7, 11) is 1.49. The number of hydrogen-bond donors (Lipinski definition) is 1. The normalized spacial score (nSPS) is 24.2. The molecule has 0 radical (unpaired) electrons. The van der Waals surface area contributed by atoms with Crippen LogP contribution < -0.4 is 4.74 Å². The van der Waals surface area contributed by atoms with Crippen molar-refractivity contribution in [1.29, 1.82) is 0 Å². The molecule has 2 amide bonds. The fraction of sp³-hybridized carbons (Fsp3) is 0.464. The maximum absolute atomic E-state index is 13.8. The van der Waals surface area contributed by atoms with Crippen LogP contribution in [0.2, 0.25) is 0 Å². The number of benzene rings is 1. The number of methoxy groups -OCH3 is 1. The van der Waals surface area contributed by atoms with Crippen LogP contribution in [0.4, 0.5) is 0 Å². The summed E-state index contributed by atoms with van der Waals surface area (Å²) in [6, 6.07) is 9.14. The number of aliphatic hydroxyl groups is 1. The van der Waals surface area contributed by atoms with Gasteiger partial charge in [-0.15, -0.1) is 11.3 Å². The second-order valence-electron chi connectivity index (χ2n) is 10.7. The molecule has 2 aliphatic rings. The van der Waals surface area contributed by atoms with Gasteiger partial charge in [-0.1, -0.05) is 38.1 Å². The molecule has 0 aliphatic carbocycles. The highest BCUT2D eigenvalue weighted by Crippen LogP contribution is 2.40. The van der Waals surface area contributed by atoms with E-state index in [0.29, 0.717) is 30.2 Å². The summed E-state index contributed by atoms with van der Waals surface area (Å²) in [5.74, 6) is -0.401. The summed E-state index contributed by atoms with van der Waals surface area (Å²) >= 11 is 1.59. The van der Waals surface area contributed by atoms with Gasteiger partial charge in [0.25, 0.3) is 11.8 Å². The number of hydrogen-bond acceptors (Lipinski definition) is 8. The number of aliphatic hydroxyl groups excluding tert-OH is 1. The minimum atomic E-state index is -0.839. The summed E-state index contributed by atoms with van der Waals surface area (Å²) < 4.78 is 10.6. The molecule has 3 aromatic rings. The Morgan fingerprint density at radius 2 is 2.03 bits per heavy atom. The first-order chi connectivity index (χ1) is 18.1. The molecule has 1 saturated heterocycles. The van der Waals surface area contributed by atoms with E-state index in [1.165, 1.54) is 7.11 Å². The Hall–Kier alpha value is -3.37. The summed E-state index contributed by atoms with van der Waals surface area (Å²) in [5, 5.41) is 14.4. The van der Waals surface area contributed by atoms with Crippen LogP contribution in [0.3, 0.4) is 0 Å². The molecule has 0 spiro atoms. The van der Waals surface area contributed by atoms with E-state index < -0.39 is 23.5 Å². The van der Waals surface area contributed by atoms with Crippen molar-refractivity contribution in [1.82, 2.24) is 15.0 Å². The molecule has 9 nitrogen and oxygen atoms in total. The number of carbonyl (C=O) groups is 2. The van der Waals surface area contributed by atoms with Crippen LogP contribution in [0.5, 0.6) is 5.88 Å². The van der Waals surface area contributed by atoms with Crippen LogP contribution in [-0.2, 0) is 15.0 Å². The van der Waals surface area contributed by atoms with Gasteiger partial charge in [-0.05, 0) is 36.0 Å². The van der Waals surface area contributed by atoms with E-state index in [0.717, 1.165) is 21.7 Å². The van der Waals surface area contributed by atoms with Gasteiger partial charge < -0.3 is 19.3 Å². The van der Waals surface area contributed by atoms with Crippen molar-refractivity contribution in [3.8, 4) is 16.3 Å². The fourth-order valence-corrected chi connectivity index (χ4v) is 6.33. The van der Waals surface area contributed by atoms with E-state index in [-0.39, 0.29) is 24.3 Å². The van der Waals surface area contributed by atoms with E-state index in [2.05, 4.69) is 15.1 Å². The quantitative estimate of drug-likeness (QED) is 0.482. The molecule has 1 fully saturated rings. The average Bonchev–Trinajstić information content (AvgIpc) is 3.67. The van der Waals surface area contributed by atoms with Crippen LogP contribution in [-0.4, -0.2) is 63.5 Å². The van der Waals surface area contributed by atoms with E-state index >= 15 is 0 Å². The molecule has 10 heteroatoms. The van der Waals surface area contributed by atoms with Gasteiger partial charge in [-0.3, -0.25) is 9.59 Å². The SMILES string of the molecule is COc1cc([C@@H](C(=O)N2C[C@H](O)C[C@@H]2C2=NC(=O)[C@](C)(c3ccc(-c4scnc4C)cc3)C2)C(C)C)on1. The topological polar surface area (TPSA) is 118 Å². The Kier molecular flexibility index (Phi) is 6.96. The Bertz CT molecular complexity index is 1380. The van der Waals surface area contributed by atoms with Crippen LogP contribution in [0.15, 0.2) is 45.4 Å². The van der Waals surface area contributed by atoms with Crippen LogP contribution in [0.1, 0.15) is 56.5 Å². The van der Waals surface area contributed by atoms with Gasteiger partial charge in [0, 0.05) is 31.2 Å². The molecule has 2 aromatic heterocycles. The molecule has 1 N–H and O–H groups in total. The predicted octanol–water partition coefficient (Wildman–Crippen LogP) is 4.15. The van der Waals surface area contributed by atoms with Gasteiger partial charge in [-0.2, -0.15) is 0 Å². The number of β-amino-alcohol motifs (C(OH)–C–C–N with tert-alkyl or cyclic N) is 1. The molecular weight excluding hydrogens is 504 g/mol. The van der Waals surface area contributed by atoms with Gasteiger partial charge >= 0.3 is 0 Å². The Morgan fingerprint density at radius 1 is 1.29 bits per heavy atom. The van der Waals surface area contributed by atoms with Crippen LogP contribution in [0, 0.1) is 12.8 Å². The molecular formula is C28H32N4O5S. The van der Waals surface area contributed by atoms with Gasteiger partial charge in [0.05, 0.1) is 40.8 Å². The number of carbonyl (C=O) groups excluding carboxylic acids is 2. The number of rotatable bonds is 7. The molecule has 0 bridgehead atoms. The zero-order valence-electron chi connectivity index (χ0n) is 22.2. The number of aliphatic imine (C=N–C) groups is 1. The second kappa shape index (κ2) is 10.1. The number of aromatic nitrogens is 2. The molecule has 200 valence electrons. The highest BCUT2D eigenvalue weighted by atomic mass is 32.1.